The Hall–Kier alpha value is -1.28. The van der Waals surface area contributed by atoms with Crippen molar-refractivity contribution < 1.29 is 4.74 Å². The Morgan fingerprint density at radius 2 is 2.14 bits per heavy atom. The molecule has 0 aliphatic rings. The van der Waals surface area contributed by atoms with Crippen molar-refractivity contribution in [1.29, 1.82) is 0 Å². The van der Waals surface area contributed by atoms with Gasteiger partial charge in [-0.1, -0.05) is 29.8 Å². The average molecular weight is 191 g/mol. The molecule has 2 heteroatoms. The predicted octanol–water partition coefficient (Wildman–Crippen LogP) is 2.32. The molecule has 2 nitrogen and oxygen atoms in total. The van der Waals surface area contributed by atoms with Gasteiger partial charge in [0.2, 0.25) is 0 Å². The zero-order valence-electron chi connectivity index (χ0n) is 9.00. The summed E-state index contributed by atoms with van der Waals surface area (Å²) in [5.41, 5.74) is 2.42. The van der Waals surface area contributed by atoms with Gasteiger partial charge in [-0.15, -0.1) is 0 Å². The van der Waals surface area contributed by atoms with Crippen LogP contribution in [-0.4, -0.2) is 20.7 Å². The molecule has 0 aliphatic heterocycles. The van der Waals surface area contributed by atoms with E-state index in [2.05, 4.69) is 24.4 Å². The lowest BCUT2D eigenvalue weighted by atomic mass is 10.1. The van der Waals surface area contributed by atoms with Crippen LogP contribution in [0.25, 0.3) is 6.08 Å². The highest BCUT2D eigenvalue weighted by molar-refractivity contribution is 5.59. The van der Waals surface area contributed by atoms with E-state index in [1.54, 1.807) is 7.11 Å². The maximum atomic E-state index is 5.26. The van der Waals surface area contributed by atoms with E-state index in [1.807, 2.05) is 25.2 Å². The fourth-order valence-corrected chi connectivity index (χ4v) is 1.38. The number of hydrogen-bond acceptors (Lipinski definition) is 2. The Kier molecular flexibility index (Phi) is 4.20. The minimum absolute atomic E-state index is 0.901. The van der Waals surface area contributed by atoms with Crippen molar-refractivity contribution in [3.8, 4) is 5.75 Å². The summed E-state index contributed by atoms with van der Waals surface area (Å²) in [7, 11) is 3.64. The van der Waals surface area contributed by atoms with Crippen LogP contribution < -0.4 is 10.1 Å². The van der Waals surface area contributed by atoms with Crippen LogP contribution in [0.4, 0.5) is 0 Å². The van der Waals surface area contributed by atoms with E-state index in [-0.39, 0.29) is 0 Å². The Bertz CT molecular complexity index is 318. The third-order valence-corrected chi connectivity index (χ3v) is 2.00. The monoisotopic (exact) mass is 191 g/mol. The van der Waals surface area contributed by atoms with E-state index < -0.39 is 0 Å². The molecular formula is C12H17NO. The first-order valence-electron chi connectivity index (χ1n) is 4.72. The van der Waals surface area contributed by atoms with Crippen LogP contribution >= 0.6 is 0 Å². The first-order valence-corrected chi connectivity index (χ1v) is 4.72. The smallest absolute Gasteiger partial charge is 0.126 e. The SMILES string of the molecule is CNCC(C)=Cc1ccccc1OC. The van der Waals surface area contributed by atoms with Crippen molar-refractivity contribution in [2.45, 2.75) is 6.92 Å². The summed E-state index contributed by atoms with van der Waals surface area (Å²) in [4.78, 5) is 0. The normalized spacial score (nSPS) is 11.5. The molecule has 0 saturated carbocycles. The molecule has 1 N–H and O–H groups in total. The zero-order valence-corrected chi connectivity index (χ0v) is 9.00. The fourth-order valence-electron chi connectivity index (χ4n) is 1.38. The van der Waals surface area contributed by atoms with E-state index in [0.29, 0.717) is 0 Å². The van der Waals surface area contributed by atoms with Gasteiger partial charge < -0.3 is 10.1 Å². The van der Waals surface area contributed by atoms with Crippen LogP contribution in [0.5, 0.6) is 5.75 Å². The Labute approximate surface area is 85.6 Å². The molecule has 0 heterocycles. The summed E-state index contributed by atoms with van der Waals surface area (Å²) in [5, 5.41) is 3.12. The fraction of sp³-hybridized carbons (Fsp3) is 0.333. The minimum atomic E-state index is 0.901. The van der Waals surface area contributed by atoms with Crippen molar-refractivity contribution in [2.24, 2.45) is 0 Å². The molecular weight excluding hydrogens is 174 g/mol. The standard InChI is InChI=1S/C12H17NO/c1-10(9-13-2)8-11-6-4-5-7-12(11)14-3/h4-8,13H,9H2,1-3H3. The Balaban J connectivity index is 2.89. The van der Waals surface area contributed by atoms with Crippen LogP contribution in [-0.2, 0) is 0 Å². The highest BCUT2D eigenvalue weighted by Crippen LogP contribution is 2.19. The van der Waals surface area contributed by atoms with Gasteiger partial charge in [-0.25, -0.2) is 0 Å². The lowest BCUT2D eigenvalue weighted by molar-refractivity contribution is 0.414. The molecule has 0 saturated heterocycles. The lowest BCUT2D eigenvalue weighted by Crippen LogP contribution is -2.08. The summed E-state index contributed by atoms with van der Waals surface area (Å²) in [6.45, 7) is 3.00. The Morgan fingerprint density at radius 3 is 2.79 bits per heavy atom. The summed E-state index contributed by atoms with van der Waals surface area (Å²) < 4.78 is 5.26. The van der Waals surface area contributed by atoms with Gasteiger partial charge in [0, 0.05) is 12.1 Å². The third kappa shape index (κ3) is 2.89. The van der Waals surface area contributed by atoms with Crippen molar-refractivity contribution >= 4 is 6.08 Å². The molecule has 0 spiro atoms. The molecule has 0 unspecified atom stereocenters. The molecule has 0 amide bonds. The third-order valence-electron chi connectivity index (χ3n) is 2.00. The average Bonchev–Trinajstić information content (AvgIpc) is 2.19. The number of methoxy groups -OCH3 is 1. The summed E-state index contributed by atoms with van der Waals surface area (Å²) in [5.74, 6) is 0.919. The van der Waals surface area contributed by atoms with Crippen LogP contribution in [0, 0.1) is 0 Å². The number of hydrogen-bond donors (Lipinski definition) is 1. The van der Waals surface area contributed by atoms with Gasteiger partial charge >= 0.3 is 0 Å². The highest BCUT2D eigenvalue weighted by atomic mass is 16.5. The minimum Gasteiger partial charge on any atom is -0.496 e. The zero-order chi connectivity index (χ0) is 10.4. The second-order valence-electron chi connectivity index (χ2n) is 3.26. The maximum Gasteiger partial charge on any atom is 0.126 e. The summed E-state index contributed by atoms with van der Waals surface area (Å²) >= 11 is 0. The first-order chi connectivity index (χ1) is 6.77. The van der Waals surface area contributed by atoms with Gasteiger partial charge in [0.25, 0.3) is 0 Å². The number of nitrogens with one attached hydrogen (secondary N) is 1. The van der Waals surface area contributed by atoms with Gasteiger partial charge in [0.15, 0.2) is 0 Å². The lowest BCUT2D eigenvalue weighted by Gasteiger charge is -2.05. The molecule has 76 valence electrons. The van der Waals surface area contributed by atoms with E-state index in [0.717, 1.165) is 17.9 Å². The summed E-state index contributed by atoms with van der Waals surface area (Å²) in [6.07, 6.45) is 2.13. The second-order valence-corrected chi connectivity index (χ2v) is 3.26. The first kappa shape index (κ1) is 10.8. The van der Waals surface area contributed by atoms with Crippen molar-refractivity contribution in [3.63, 3.8) is 0 Å². The van der Waals surface area contributed by atoms with Crippen LogP contribution in [0.2, 0.25) is 0 Å². The molecule has 0 bridgehead atoms. The molecule has 0 aromatic heterocycles. The van der Waals surface area contributed by atoms with Gasteiger partial charge in [0.05, 0.1) is 7.11 Å². The van der Waals surface area contributed by atoms with Crippen molar-refractivity contribution in [1.82, 2.24) is 5.32 Å². The maximum absolute atomic E-state index is 5.26. The molecule has 1 aromatic carbocycles. The van der Waals surface area contributed by atoms with Gasteiger partial charge in [0.1, 0.15) is 5.75 Å². The molecule has 1 rings (SSSR count). The van der Waals surface area contributed by atoms with E-state index in [1.165, 1.54) is 5.57 Å². The Morgan fingerprint density at radius 1 is 1.43 bits per heavy atom. The van der Waals surface area contributed by atoms with Crippen molar-refractivity contribution in [3.05, 3.63) is 35.4 Å². The number of likely N-dealkylation sites (N-methyl/N-ethyl adjacent to an activating group) is 1. The van der Waals surface area contributed by atoms with Crippen LogP contribution in [0.3, 0.4) is 0 Å². The second kappa shape index (κ2) is 5.45. The van der Waals surface area contributed by atoms with E-state index in [4.69, 9.17) is 4.74 Å². The van der Waals surface area contributed by atoms with Crippen molar-refractivity contribution in [2.75, 3.05) is 20.7 Å². The molecule has 0 atom stereocenters. The van der Waals surface area contributed by atoms with E-state index >= 15 is 0 Å². The molecule has 0 radical (unpaired) electrons. The number of ether oxygens (including phenoxy) is 1. The predicted molar refractivity (Wildman–Crippen MR) is 60.6 cm³/mol. The quantitative estimate of drug-likeness (QED) is 0.788. The number of para-hydroxylation sites is 1. The number of benzene rings is 1. The number of rotatable bonds is 4. The van der Waals surface area contributed by atoms with Gasteiger partial charge in [-0.2, -0.15) is 0 Å². The van der Waals surface area contributed by atoms with Crippen LogP contribution in [0.1, 0.15) is 12.5 Å². The van der Waals surface area contributed by atoms with Gasteiger partial charge in [-0.05, 0) is 20.0 Å². The van der Waals surface area contributed by atoms with Crippen LogP contribution in [0.15, 0.2) is 29.8 Å². The van der Waals surface area contributed by atoms with E-state index in [9.17, 15) is 0 Å². The molecule has 1 aromatic rings. The summed E-state index contributed by atoms with van der Waals surface area (Å²) in [6, 6.07) is 8.01. The molecule has 0 fully saturated rings. The largest absolute Gasteiger partial charge is 0.496 e. The topological polar surface area (TPSA) is 21.3 Å². The molecule has 14 heavy (non-hydrogen) atoms. The molecule has 0 aliphatic carbocycles. The highest BCUT2D eigenvalue weighted by Gasteiger charge is 1.97. The van der Waals surface area contributed by atoms with Gasteiger partial charge in [-0.3, -0.25) is 0 Å².